The van der Waals surface area contributed by atoms with Crippen molar-refractivity contribution in [1.29, 1.82) is 0 Å². The van der Waals surface area contributed by atoms with Gasteiger partial charge < -0.3 is 19.3 Å². The summed E-state index contributed by atoms with van der Waals surface area (Å²) in [4.78, 5) is 25.2. The smallest absolute Gasteiger partial charge is 0.275 e. The van der Waals surface area contributed by atoms with E-state index in [-0.39, 0.29) is 30.5 Å². The van der Waals surface area contributed by atoms with E-state index < -0.39 is 6.10 Å². The van der Waals surface area contributed by atoms with Gasteiger partial charge in [-0.05, 0) is 36.8 Å². The van der Waals surface area contributed by atoms with Gasteiger partial charge in [0.1, 0.15) is 12.4 Å². The molecule has 7 nitrogen and oxygen atoms in total. The molecule has 1 amide bonds. The number of aromatic nitrogens is 1. The third kappa shape index (κ3) is 5.30. The summed E-state index contributed by atoms with van der Waals surface area (Å²) in [5.74, 6) is 0.584. The second kappa shape index (κ2) is 9.16. The van der Waals surface area contributed by atoms with Gasteiger partial charge in [-0.1, -0.05) is 35.5 Å². The Hall–Kier alpha value is -3.45. The first kappa shape index (κ1) is 20.3. The van der Waals surface area contributed by atoms with Crippen LogP contribution in [0.25, 0.3) is 0 Å². The Morgan fingerprint density at radius 3 is 2.48 bits per heavy atom. The van der Waals surface area contributed by atoms with E-state index in [4.69, 9.17) is 9.26 Å². The third-order valence-corrected chi connectivity index (χ3v) is 4.40. The molecule has 1 atom stereocenters. The van der Waals surface area contributed by atoms with Crippen LogP contribution in [0.2, 0.25) is 0 Å². The van der Waals surface area contributed by atoms with Crippen LogP contribution in [0.15, 0.2) is 65.2 Å². The minimum atomic E-state index is -0.794. The molecule has 0 aliphatic heterocycles. The monoisotopic (exact) mass is 394 g/mol. The fraction of sp³-hybridized carbons (Fsp3) is 0.227. The number of Topliss-reactive ketones (excluding diaryl/α,β-unsaturated/α-hetero) is 1. The van der Waals surface area contributed by atoms with Crippen LogP contribution in [-0.4, -0.2) is 40.4 Å². The number of nitrogens with zero attached hydrogens (tertiary/aromatic N) is 2. The topological polar surface area (TPSA) is 92.9 Å². The number of ether oxygens (including phenoxy) is 1. The molecule has 0 spiro atoms. The van der Waals surface area contributed by atoms with Crippen molar-refractivity contribution < 1.29 is 24.0 Å². The van der Waals surface area contributed by atoms with Gasteiger partial charge >= 0.3 is 0 Å². The van der Waals surface area contributed by atoms with Gasteiger partial charge in [0.15, 0.2) is 17.2 Å². The molecule has 0 fully saturated rings. The minimum absolute atomic E-state index is 0.0172. The van der Waals surface area contributed by atoms with Gasteiger partial charge in [0.2, 0.25) is 0 Å². The molecule has 3 aromatic rings. The van der Waals surface area contributed by atoms with Gasteiger partial charge in [0.25, 0.3) is 5.91 Å². The lowest BCUT2D eigenvalue weighted by atomic mass is 10.1. The molecule has 1 N–H and O–H groups in total. The summed E-state index contributed by atoms with van der Waals surface area (Å²) in [5.41, 5.74) is 1.47. The van der Waals surface area contributed by atoms with Crippen LogP contribution in [0.3, 0.4) is 0 Å². The van der Waals surface area contributed by atoms with Crippen molar-refractivity contribution in [2.75, 3.05) is 13.6 Å². The first-order valence-electron chi connectivity index (χ1n) is 9.12. The average Bonchev–Trinajstić information content (AvgIpc) is 3.21. The first-order valence-corrected chi connectivity index (χ1v) is 9.12. The highest BCUT2D eigenvalue weighted by Crippen LogP contribution is 2.17. The molecule has 1 aromatic heterocycles. The maximum absolute atomic E-state index is 12.5. The summed E-state index contributed by atoms with van der Waals surface area (Å²) in [5, 5.41) is 14.1. The van der Waals surface area contributed by atoms with Crippen molar-refractivity contribution in [3.05, 3.63) is 83.2 Å². The van der Waals surface area contributed by atoms with Crippen molar-refractivity contribution in [2.24, 2.45) is 0 Å². The van der Waals surface area contributed by atoms with Crippen LogP contribution >= 0.6 is 0 Å². The number of aliphatic hydroxyl groups excluding tert-OH is 1. The van der Waals surface area contributed by atoms with Gasteiger partial charge in [-0.15, -0.1) is 0 Å². The largest absolute Gasteiger partial charge is 0.486 e. The molecule has 7 heteroatoms. The molecule has 0 radical (unpaired) electrons. The van der Waals surface area contributed by atoms with Crippen LogP contribution in [0, 0.1) is 0 Å². The fourth-order valence-electron chi connectivity index (χ4n) is 2.74. The highest BCUT2D eigenvalue weighted by Gasteiger charge is 2.20. The molecule has 0 unspecified atom stereocenters. The second-order valence-electron chi connectivity index (χ2n) is 6.66. The molecule has 0 aliphatic carbocycles. The van der Waals surface area contributed by atoms with Gasteiger partial charge in [-0.3, -0.25) is 9.59 Å². The summed E-state index contributed by atoms with van der Waals surface area (Å²) in [7, 11) is 1.59. The minimum Gasteiger partial charge on any atom is -0.486 e. The quantitative estimate of drug-likeness (QED) is 0.590. The molecule has 150 valence electrons. The molecule has 0 aliphatic rings. The van der Waals surface area contributed by atoms with E-state index in [2.05, 4.69) is 5.16 Å². The van der Waals surface area contributed by atoms with Crippen LogP contribution < -0.4 is 4.74 Å². The molecular weight excluding hydrogens is 372 g/mol. The Balaban J connectivity index is 1.55. The van der Waals surface area contributed by atoms with Crippen molar-refractivity contribution in [3.63, 3.8) is 0 Å². The molecule has 0 bridgehead atoms. The molecule has 0 saturated carbocycles. The van der Waals surface area contributed by atoms with E-state index >= 15 is 0 Å². The Kier molecular flexibility index (Phi) is 6.41. The number of benzene rings is 2. The van der Waals surface area contributed by atoms with Crippen LogP contribution in [0.5, 0.6) is 5.75 Å². The predicted molar refractivity (Wildman–Crippen MR) is 106 cm³/mol. The number of rotatable bonds is 8. The maximum atomic E-state index is 12.5. The summed E-state index contributed by atoms with van der Waals surface area (Å²) in [6.45, 7) is 1.72. The van der Waals surface area contributed by atoms with Gasteiger partial charge in [0, 0.05) is 18.7 Å². The Morgan fingerprint density at radius 2 is 1.83 bits per heavy atom. The van der Waals surface area contributed by atoms with E-state index in [0.29, 0.717) is 17.1 Å². The summed E-state index contributed by atoms with van der Waals surface area (Å²) >= 11 is 0. The van der Waals surface area contributed by atoms with Crippen molar-refractivity contribution in [2.45, 2.75) is 19.6 Å². The highest BCUT2D eigenvalue weighted by molar-refractivity contribution is 5.94. The normalized spacial score (nSPS) is 11.7. The van der Waals surface area contributed by atoms with Gasteiger partial charge in [-0.2, -0.15) is 0 Å². The van der Waals surface area contributed by atoms with Gasteiger partial charge in [0.05, 0.1) is 12.6 Å². The standard InChI is InChI=1S/C22H22N2O5/c1-15(25)16-8-10-18(11-9-16)28-14-19-12-20(23-29-19)22(27)24(2)13-21(26)17-6-4-3-5-7-17/h3-12,21,26H,13-14H2,1-2H3/t21-/m1/s1. The Morgan fingerprint density at radius 1 is 1.14 bits per heavy atom. The summed E-state index contributed by atoms with van der Waals surface area (Å²) in [6.07, 6.45) is -0.794. The number of ketones is 1. The zero-order valence-corrected chi connectivity index (χ0v) is 16.2. The number of carbonyl (C=O) groups is 2. The molecule has 1 heterocycles. The van der Waals surface area contributed by atoms with Crippen LogP contribution in [0.4, 0.5) is 0 Å². The van der Waals surface area contributed by atoms with Crippen molar-refractivity contribution in [1.82, 2.24) is 10.1 Å². The molecule has 2 aromatic carbocycles. The number of hydrogen-bond donors (Lipinski definition) is 1. The number of hydrogen-bond acceptors (Lipinski definition) is 6. The highest BCUT2D eigenvalue weighted by atomic mass is 16.5. The number of carbonyl (C=O) groups excluding carboxylic acids is 2. The average molecular weight is 394 g/mol. The van der Waals surface area contributed by atoms with E-state index in [9.17, 15) is 14.7 Å². The van der Waals surface area contributed by atoms with Crippen LogP contribution in [-0.2, 0) is 6.61 Å². The Bertz CT molecular complexity index is 966. The lowest BCUT2D eigenvalue weighted by Crippen LogP contribution is -2.31. The second-order valence-corrected chi connectivity index (χ2v) is 6.66. The van der Waals surface area contributed by atoms with E-state index in [1.807, 2.05) is 18.2 Å². The zero-order valence-electron chi connectivity index (χ0n) is 16.2. The van der Waals surface area contributed by atoms with Gasteiger partial charge in [-0.25, -0.2) is 0 Å². The molecular formula is C22H22N2O5. The van der Waals surface area contributed by atoms with Crippen LogP contribution in [0.1, 0.15) is 45.2 Å². The SMILES string of the molecule is CC(=O)c1ccc(OCc2cc(C(=O)N(C)C[C@@H](O)c3ccccc3)no2)cc1. The lowest BCUT2D eigenvalue weighted by molar-refractivity contribution is 0.0671. The zero-order chi connectivity index (χ0) is 20.8. The van der Waals surface area contributed by atoms with E-state index in [0.717, 1.165) is 5.56 Å². The van der Waals surface area contributed by atoms with Crippen molar-refractivity contribution >= 4 is 11.7 Å². The Labute approximate surface area is 168 Å². The molecule has 29 heavy (non-hydrogen) atoms. The molecule has 0 saturated heterocycles. The number of aliphatic hydroxyl groups is 1. The van der Waals surface area contributed by atoms with E-state index in [1.54, 1.807) is 43.4 Å². The number of likely N-dealkylation sites (N-methyl/N-ethyl adjacent to an activating group) is 1. The first-order chi connectivity index (χ1) is 13.9. The third-order valence-electron chi connectivity index (χ3n) is 4.40. The summed E-state index contributed by atoms with van der Waals surface area (Å²) < 4.78 is 10.8. The maximum Gasteiger partial charge on any atom is 0.275 e. The predicted octanol–water partition coefficient (Wildman–Crippen LogP) is 3.26. The summed E-state index contributed by atoms with van der Waals surface area (Å²) in [6, 6.07) is 17.4. The van der Waals surface area contributed by atoms with Crippen molar-refractivity contribution in [3.8, 4) is 5.75 Å². The molecule has 3 rings (SSSR count). The van der Waals surface area contributed by atoms with E-state index in [1.165, 1.54) is 17.9 Å². The fourth-order valence-corrected chi connectivity index (χ4v) is 2.74. The number of amides is 1. The lowest BCUT2D eigenvalue weighted by Gasteiger charge is -2.20.